The van der Waals surface area contributed by atoms with Crippen molar-refractivity contribution >= 4 is 0 Å². The Morgan fingerprint density at radius 1 is 1.19 bits per heavy atom. The second kappa shape index (κ2) is 4.50. The van der Waals surface area contributed by atoms with Gasteiger partial charge in [0.15, 0.2) is 0 Å². The van der Waals surface area contributed by atoms with Crippen LogP contribution in [-0.4, -0.2) is 16.5 Å². The fourth-order valence-electron chi connectivity index (χ4n) is 2.81. The monoisotopic (exact) mass is 217 g/mol. The number of nitrogens with zero attached hydrogens (tertiary/aromatic N) is 2. The Labute approximate surface area is 96.7 Å². The van der Waals surface area contributed by atoms with Crippen LogP contribution in [0.25, 0.3) is 0 Å². The first-order valence-electron chi connectivity index (χ1n) is 6.49. The van der Waals surface area contributed by atoms with Gasteiger partial charge in [-0.25, -0.2) is 9.97 Å². The van der Waals surface area contributed by atoms with E-state index in [0.29, 0.717) is 5.92 Å². The normalized spacial score (nSPS) is 21.8. The zero-order chi connectivity index (χ0) is 10.8. The molecule has 0 amide bonds. The third-order valence-electron chi connectivity index (χ3n) is 3.80. The number of hydrogen-bond donors (Lipinski definition) is 1. The van der Waals surface area contributed by atoms with E-state index in [1.807, 2.05) is 6.20 Å². The Morgan fingerprint density at radius 3 is 2.94 bits per heavy atom. The molecule has 16 heavy (non-hydrogen) atoms. The van der Waals surface area contributed by atoms with Gasteiger partial charge in [-0.2, -0.15) is 0 Å². The van der Waals surface area contributed by atoms with Crippen LogP contribution in [0, 0.1) is 0 Å². The highest BCUT2D eigenvalue weighted by molar-refractivity contribution is 5.21. The molecule has 1 aromatic rings. The summed E-state index contributed by atoms with van der Waals surface area (Å²) >= 11 is 0. The smallest absolute Gasteiger partial charge is 0.131 e. The lowest BCUT2D eigenvalue weighted by molar-refractivity contribution is 0.426. The molecular formula is C13H19N3. The quantitative estimate of drug-likeness (QED) is 0.783. The Kier molecular flexibility index (Phi) is 2.87. The van der Waals surface area contributed by atoms with Gasteiger partial charge in [-0.15, -0.1) is 0 Å². The molecule has 0 radical (unpaired) electrons. The van der Waals surface area contributed by atoms with Gasteiger partial charge in [0.2, 0.25) is 0 Å². The lowest BCUT2D eigenvalue weighted by atomic mass is 9.88. The van der Waals surface area contributed by atoms with Crippen LogP contribution >= 0.6 is 0 Å². The van der Waals surface area contributed by atoms with E-state index in [0.717, 1.165) is 25.3 Å². The molecule has 0 aromatic carbocycles. The van der Waals surface area contributed by atoms with Crippen molar-refractivity contribution in [2.45, 2.75) is 51.0 Å². The molecule has 0 atom stereocenters. The third-order valence-corrected chi connectivity index (χ3v) is 3.80. The molecule has 1 aliphatic carbocycles. The minimum Gasteiger partial charge on any atom is -0.312 e. The Balaban J connectivity index is 1.84. The maximum absolute atomic E-state index is 4.79. The minimum atomic E-state index is 0.633. The third kappa shape index (κ3) is 1.96. The maximum Gasteiger partial charge on any atom is 0.131 e. The van der Waals surface area contributed by atoms with Gasteiger partial charge in [-0.3, -0.25) is 0 Å². The number of aromatic nitrogens is 2. The van der Waals surface area contributed by atoms with Crippen LogP contribution in [0.4, 0.5) is 0 Å². The summed E-state index contributed by atoms with van der Waals surface area (Å²) in [5, 5.41) is 3.36. The lowest BCUT2D eigenvalue weighted by Crippen LogP contribution is -2.25. The van der Waals surface area contributed by atoms with E-state index in [-0.39, 0.29) is 0 Å². The minimum absolute atomic E-state index is 0.633. The van der Waals surface area contributed by atoms with E-state index in [1.165, 1.54) is 43.4 Å². The van der Waals surface area contributed by atoms with Crippen LogP contribution in [0.15, 0.2) is 6.20 Å². The van der Waals surface area contributed by atoms with Gasteiger partial charge in [0.25, 0.3) is 0 Å². The second-order valence-electron chi connectivity index (χ2n) is 4.96. The van der Waals surface area contributed by atoms with E-state index >= 15 is 0 Å². The molecule has 2 heterocycles. The predicted octanol–water partition coefficient (Wildman–Crippen LogP) is 2.17. The number of nitrogens with one attached hydrogen (secondary N) is 1. The number of rotatable bonds is 1. The van der Waals surface area contributed by atoms with E-state index < -0.39 is 0 Å². The van der Waals surface area contributed by atoms with Crippen LogP contribution in [-0.2, 0) is 13.0 Å². The van der Waals surface area contributed by atoms with Crippen LogP contribution in [0.2, 0.25) is 0 Å². The summed E-state index contributed by atoms with van der Waals surface area (Å²) in [4.78, 5) is 9.35. The van der Waals surface area contributed by atoms with Crippen molar-refractivity contribution in [3.05, 3.63) is 23.3 Å². The molecule has 1 fully saturated rings. The van der Waals surface area contributed by atoms with Gasteiger partial charge >= 0.3 is 0 Å². The summed E-state index contributed by atoms with van der Waals surface area (Å²) in [5.74, 6) is 1.74. The SMILES string of the molecule is c1nc(C2CCCCC2)nc2c1CNCC2. The summed E-state index contributed by atoms with van der Waals surface area (Å²) in [5.41, 5.74) is 2.58. The lowest BCUT2D eigenvalue weighted by Gasteiger charge is -2.22. The van der Waals surface area contributed by atoms with E-state index in [1.54, 1.807) is 0 Å². The fourth-order valence-corrected chi connectivity index (χ4v) is 2.81. The topological polar surface area (TPSA) is 37.8 Å². The van der Waals surface area contributed by atoms with Crippen molar-refractivity contribution < 1.29 is 0 Å². The molecular weight excluding hydrogens is 198 g/mol. The zero-order valence-electron chi connectivity index (χ0n) is 9.71. The first-order valence-corrected chi connectivity index (χ1v) is 6.49. The molecule has 86 valence electrons. The van der Waals surface area contributed by atoms with Crippen LogP contribution in [0.1, 0.15) is 55.1 Å². The highest BCUT2D eigenvalue weighted by Crippen LogP contribution is 2.30. The van der Waals surface area contributed by atoms with Gasteiger partial charge < -0.3 is 5.32 Å². The standard InChI is InChI=1S/C13H19N3/c1-2-4-10(5-3-1)13-15-9-11-8-14-7-6-12(11)16-13/h9-10,14H,1-8H2. The molecule has 1 aromatic heterocycles. The molecule has 3 nitrogen and oxygen atoms in total. The fraction of sp³-hybridized carbons (Fsp3) is 0.692. The van der Waals surface area contributed by atoms with Crippen molar-refractivity contribution in [3.63, 3.8) is 0 Å². The van der Waals surface area contributed by atoms with Crippen molar-refractivity contribution in [1.82, 2.24) is 15.3 Å². The Bertz CT molecular complexity index is 369. The maximum atomic E-state index is 4.79. The van der Waals surface area contributed by atoms with Gasteiger partial charge in [-0.1, -0.05) is 19.3 Å². The summed E-state index contributed by atoms with van der Waals surface area (Å²) in [6.45, 7) is 2.01. The van der Waals surface area contributed by atoms with Gasteiger partial charge in [-0.05, 0) is 12.8 Å². The highest BCUT2D eigenvalue weighted by atomic mass is 14.9. The first-order chi connectivity index (χ1) is 7.93. The van der Waals surface area contributed by atoms with Gasteiger partial charge in [0, 0.05) is 42.9 Å². The van der Waals surface area contributed by atoms with Gasteiger partial charge in [0.1, 0.15) is 5.82 Å². The molecule has 1 aliphatic heterocycles. The molecule has 2 aliphatic rings. The van der Waals surface area contributed by atoms with Crippen molar-refractivity contribution in [3.8, 4) is 0 Å². The largest absolute Gasteiger partial charge is 0.312 e. The number of hydrogen-bond acceptors (Lipinski definition) is 3. The molecule has 0 spiro atoms. The Morgan fingerprint density at radius 2 is 2.06 bits per heavy atom. The van der Waals surface area contributed by atoms with Crippen LogP contribution in [0.3, 0.4) is 0 Å². The summed E-state index contributed by atoms with van der Waals surface area (Å²) in [6, 6.07) is 0. The summed E-state index contributed by atoms with van der Waals surface area (Å²) in [6.07, 6.45) is 9.79. The Hall–Kier alpha value is -0.960. The van der Waals surface area contributed by atoms with Crippen molar-refractivity contribution in [1.29, 1.82) is 0 Å². The average Bonchev–Trinajstić information content (AvgIpc) is 2.39. The molecule has 3 heteroatoms. The molecule has 0 bridgehead atoms. The van der Waals surface area contributed by atoms with E-state index in [9.17, 15) is 0 Å². The molecule has 1 saturated carbocycles. The molecule has 3 rings (SSSR count). The average molecular weight is 217 g/mol. The first kappa shape index (κ1) is 10.2. The second-order valence-corrected chi connectivity index (χ2v) is 4.96. The van der Waals surface area contributed by atoms with E-state index in [4.69, 9.17) is 4.98 Å². The zero-order valence-corrected chi connectivity index (χ0v) is 9.71. The summed E-state index contributed by atoms with van der Waals surface area (Å²) in [7, 11) is 0. The van der Waals surface area contributed by atoms with E-state index in [2.05, 4.69) is 10.3 Å². The molecule has 0 unspecified atom stereocenters. The van der Waals surface area contributed by atoms with Gasteiger partial charge in [0.05, 0.1) is 0 Å². The van der Waals surface area contributed by atoms with Crippen molar-refractivity contribution in [2.24, 2.45) is 0 Å². The van der Waals surface area contributed by atoms with Crippen LogP contribution in [0.5, 0.6) is 0 Å². The predicted molar refractivity (Wildman–Crippen MR) is 63.3 cm³/mol. The molecule has 0 saturated heterocycles. The molecule has 1 N–H and O–H groups in total. The number of fused-ring (bicyclic) bond motifs is 1. The highest BCUT2D eigenvalue weighted by Gasteiger charge is 2.20. The van der Waals surface area contributed by atoms with Crippen LogP contribution < -0.4 is 5.32 Å². The van der Waals surface area contributed by atoms with Crippen molar-refractivity contribution in [2.75, 3.05) is 6.54 Å². The summed E-state index contributed by atoms with van der Waals surface area (Å²) < 4.78 is 0.